The van der Waals surface area contributed by atoms with E-state index in [2.05, 4.69) is 48.5 Å². The van der Waals surface area contributed by atoms with Gasteiger partial charge in [-0.05, 0) is 48.2 Å². The van der Waals surface area contributed by atoms with Gasteiger partial charge in [-0.15, -0.1) is 0 Å². The van der Waals surface area contributed by atoms with Crippen LogP contribution in [0.4, 0.5) is 5.69 Å². The Bertz CT molecular complexity index is 907. The van der Waals surface area contributed by atoms with Crippen LogP contribution in [0.25, 0.3) is 11.1 Å². The molecule has 0 spiro atoms. The monoisotopic (exact) mass is 513 g/mol. The van der Waals surface area contributed by atoms with Gasteiger partial charge in [0.05, 0.1) is 5.69 Å². The molecule has 0 saturated carbocycles. The van der Waals surface area contributed by atoms with Crippen LogP contribution >= 0.6 is 0 Å². The minimum Gasteiger partial charge on any atom is -0.480 e. The number of aliphatic hydroxyl groups is 1. The molecule has 0 heterocycles. The smallest absolute Gasteiger partial charge is 0.290 e. The molecule has 1 radical (unpaired) electrons. The minimum absolute atomic E-state index is 0. The molecule has 29 heavy (non-hydrogen) atoms. The number of aliphatic hydroxyl groups excluding tert-OH is 1. The third-order valence-electron chi connectivity index (χ3n) is 4.36. The predicted molar refractivity (Wildman–Crippen MR) is 122 cm³/mol. The number of benzene rings is 2. The average Bonchev–Trinajstić information content (AvgIpc) is 2.70. The molecule has 0 bridgehead atoms. The van der Waals surface area contributed by atoms with E-state index in [4.69, 9.17) is 0 Å². The zero-order valence-electron chi connectivity index (χ0n) is 17.5. The van der Waals surface area contributed by atoms with E-state index in [9.17, 15) is 5.11 Å². The zero-order valence-corrected chi connectivity index (χ0v) is 21.2. The Labute approximate surface area is 207 Å². The van der Waals surface area contributed by atoms with E-state index >= 15 is 0 Å². The van der Waals surface area contributed by atoms with Crippen LogP contribution < -0.4 is 0 Å². The molecule has 0 amide bonds. The van der Waals surface area contributed by atoms with Crippen LogP contribution in [0.2, 0.25) is 0 Å². The zero-order chi connectivity index (χ0) is 20.5. The van der Waals surface area contributed by atoms with E-state index in [1.807, 2.05) is 57.3 Å². The van der Waals surface area contributed by atoms with Gasteiger partial charge in [-0.3, -0.25) is 0 Å². The van der Waals surface area contributed by atoms with E-state index in [1.165, 1.54) is 0 Å². The summed E-state index contributed by atoms with van der Waals surface area (Å²) >= 11 is 0. The molecule has 0 aliphatic heterocycles. The van der Waals surface area contributed by atoms with Gasteiger partial charge in [0.1, 0.15) is 0 Å². The summed E-state index contributed by atoms with van der Waals surface area (Å²) in [4.78, 5) is 6.01. The van der Waals surface area contributed by atoms with Crippen molar-refractivity contribution in [3.05, 3.63) is 103 Å². The van der Waals surface area contributed by atoms with Crippen LogP contribution in [0, 0.1) is 41.3 Å². The van der Waals surface area contributed by atoms with Crippen LogP contribution in [-0.4, -0.2) is 23.1 Å². The number of aliphatic imine (C=N–C) groups is 1. The summed E-state index contributed by atoms with van der Waals surface area (Å²) in [6.45, 7) is 12.2. The van der Waals surface area contributed by atoms with Crippen LogP contribution in [0.5, 0.6) is 0 Å². The molecule has 0 fully saturated rings. The molecule has 0 saturated heterocycles. The first-order valence-corrected chi connectivity index (χ1v) is 9.24. The molecule has 2 rings (SSSR count). The van der Waals surface area contributed by atoms with Crippen molar-refractivity contribution in [1.82, 2.24) is 4.90 Å². The van der Waals surface area contributed by atoms with Crippen LogP contribution in [0.1, 0.15) is 30.5 Å². The Hall–Kier alpha value is -1.97. The quantitative estimate of drug-likeness (QED) is 0.259. The van der Waals surface area contributed by atoms with Crippen molar-refractivity contribution in [3.8, 4) is 0 Å². The molecule has 0 unspecified atom stereocenters. The molecule has 0 aliphatic rings. The second-order valence-corrected chi connectivity index (χ2v) is 6.63. The molecule has 147 valence electrons. The molecule has 2 aromatic carbocycles. The number of rotatable bonds is 7. The Morgan fingerprint density at radius 3 is 2.17 bits per heavy atom. The Kier molecular flexibility index (Phi) is 10.9. The summed E-state index contributed by atoms with van der Waals surface area (Å²) in [5, 5.41) is 10.3. The Morgan fingerprint density at radius 2 is 1.66 bits per heavy atom. The third kappa shape index (κ3) is 7.76. The van der Waals surface area contributed by atoms with Crippen molar-refractivity contribution in [2.24, 2.45) is 4.99 Å². The first-order chi connectivity index (χ1) is 13.4. The molecular weight excluding hydrogens is 485 g/mol. The number of allylic oxidation sites excluding steroid dienone is 6. The summed E-state index contributed by atoms with van der Waals surface area (Å²) in [5.41, 5.74) is 6.15. The molecule has 0 atom stereocenters. The van der Waals surface area contributed by atoms with E-state index in [-0.39, 0.29) is 47.3 Å². The number of amidine groups is 1. The van der Waals surface area contributed by atoms with Gasteiger partial charge < -0.3 is 10.0 Å². The summed E-state index contributed by atoms with van der Waals surface area (Å²) in [6, 6.07) is 15.9. The van der Waals surface area contributed by atoms with E-state index in [1.54, 1.807) is 11.0 Å². The second kappa shape index (κ2) is 12.6. The van der Waals surface area contributed by atoms with E-state index in [0.29, 0.717) is 12.2 Å². The third-order valence-corrected chi connectivity index (χ3v) is 4.36. The Morgan fingerprint density at radius 1 is 1.07 bits per heavy atom. The number of hydrogen-bond acceptors (Lipinski definition) is 1. The van der Waals surface area contributed by atoms with Crippen molar-refractivity contribution >= 4 is 22.9 Å². The molecule has 0 aromatic heterocycles. The molecular formula is C25H28N2OPr. The van der Waals surface area contributed by atoms with E-state index in [0.717, 1.165) is 27.8 Å². The summed E-state index contributed by atoms with van der Waals surface area (Å²) in [7, 11) is 1.82. The first-order valence-electron chi connectivity index (χ1n) is 9.24. The summed E-state index contributed by atoms with van der Waals surface area (Å²) < 4.78 is 0. The van der Waals surface area contributed by atoms with Gasteiger partial charge in [-0.2, -0.15) is 4.99 Å². The van der Waals surface area contributed by atoms with Gasteiger partial charge in [0.25, 0.3) is 6.02 Å². The predicted octanol–water partition coefficient (Wildman–Crippen LogP) is 6.54. The fourth-order valence-corrected chi connectivity index (χ4v) is 2.70. The molecule has 4 heteroatoms. The van der Waals surface area contributed by atoms with Gasteiger partial charge in [0.2, 0.25) is 0 Å². The maximum Gasteiger partial charge on any atom is 0.290 e. The average molecular weight is 513 g/mol. The summed E-state index contributed by atoms with van der Waals surface area (Å²) in [5.74, 6) is 0. The molecule has 1 N–H and O–H groups in total. The van der Waals surface area contributed by atoms with Crippen LogP contribution in [-0.2, 0) is 6.54 Å². The van der Waals surface area contributed by atoms with Crippen molar-refractivity contribution in [1.29, 1.82) is 0 Å². The standard InChI is InChI=1S/C25H28N2O.Pr/c1-6-8-9-21(7-2)23-12-10-20(11-13-23)18-27(5)25(28)26-24-16-14-22(15-17-24)19(3)4;/h6-17H,1,3,18H2,2,4-5H3,(H,26,28);/b9-8-,21-7+;. The molecule has 3 nitrogen and oxygen atoms in total. The number of nitrogens with zero attached hydrogens (tertiary/aromatic N) is 2. The maximum absolute atomic E-state index is 10.3. The molecule has 0 aliphatic carbocycles. The second-order valence-electron chi connectivity index (χ2n) is 6.63. The van der Waals surface area contributed by atoms with Crippen LogP contribution in [0.15, 0.2) is 91.0 Å². The molecule has 2 aromatic rings. The minimum atomic E-state index is -0.0183. The van der Waals surface area contributed by atoms with Gasteiger partial charge in [0, 0.05) is 54.9 Å². The van der Waals surface area contributed by atoms with Crippen molar-refractivity contribution in [2.75, 3.05) is 7.05 Å². The fourth-order valence-electron chi connectivity index (χ4n) is 2.70. The van der Waals surface area contributed by atoms with Crippen molar-refractivity contribution in [2.45, 2.75) is 20.4 Å². The normalized spacial score (nSPS) is 11.8. The summed E-state index contributed by atoms with van der Waals surface area (Å²) in [6.07, 6.45) is 7.79. The van der Waals surface area contributed by atoms with E-state index < -0.39 is 0 Å². The van der Waals surface area contributed by atoms with Gasteiger partial charge in [-0.25, -0.2) is 0 Å². The SMILES string of the molecule is C=C/C=C\C(=C/C)c1ccc(CN(C)C(O)=Nc2ccc(C(=C)C)cc2)cc1.[Pr]. The largest absolute Gasteiger partial charge is 0.480 e. The van der Waals surface area contributed by atoms with Gasteiger partial charge >= 0.3 is 0 Å². The maximum atomic E-state index is 10.3. The first kappa shape index (κ1) is 25.1. The van der Waals surface area contributed by atoms with Gasteiger partial charge in [-0.1, -0.05) is 79.4 Å². The Balaban J connectivity index is 0.00000420. The fraction of sp³-hybridized carbons (Fsp3) is 0.160. The van der Waals surface area contributed by atoms with Crippen LogP contribution in [0.3, 0.4) is 0 Å². The number of hydrogen-bond donors (Lipinski definition) is 1. The van der Waals surface area contributed by atoms with Gasteiger partial charge in [0.15, 0.2) is 0 Å². The topological polar surface area (TPSA) is 35.8 Å². The van der Waals surface area contributed by atoms with Crippen molar-refractivity contribution in [3.63, 3.8) is 0 Å². The van der Waals surface area contributed by atoms with Crippen molar-refractivity contribution < 1.29 is 46.4 Å².